The number of rotatable bonds is 3. The van der Waals surface area contributed by atoms with Crippen molar-refractivity contribution in [3.05, 3.63) is 54.5 Å². The Balaban J connectivity index is 1.91. The predicted molar refractivity (Wildman–Crippen MR) is 75.9 cm³/mol. The van der Waals surface area contributed by atoms with Crippen molar-refractivity contribution >= 4 is 16.6 Å². The molecule has 2 heterocycles. The first kappa shape index (κ1) is 11.6. The molecule has 19 heavy (non-hydrogen) atoms. The average Bonchev–Trinajstić information content (AvgIpc) is 2.74. The molecule has 3 aromatic rings. The summed E-state index contributed by atoms with van der Waals surface area (Å²) in [6.45, 7) is 0.506. The zero-order valence-electron chi connectivity index (χ0n) is 10.7. The Kier molecular flexibility index (Phi) is 2.83. The van der Waals surface area contributed by atoms with E-state index in [0.717, 1.165) is 27.9 Å². The van der Waals surface area contributed by atoms with Crippen LogP contribution in [-0.4, -0.2) is 9.55 Å². The molecule has 4 heteroatoms. The summed E-state index contributed by atoms with van der Waals surface area (Å²) in [5, 5.41) is 1.13. The van der Waals surface area contributed by atoms with Crippen molar-refractivity contribution in [3.63, 3.8) is 0 Å². The highest BCUT2D eigenvalue weighted by Gasteiger charge is 2.07. The van der Waals surface area contributed by atoms with Crippen molar-refractivity contribution in [2.45, 2.75) is 6.61 Å². The van der Waals surface area contributed by atoms with Gasteiger partial charge in [0.2, 0.25) is 0 Å². The normalized spacial score (nSPS) is 10.8. The predicted octanol–water partition coefficient (Wildman–Crippen LogP) is 2.73. The number of aromatic nitrogens is 2. The molecule has 0 aliphatic carbocycles. The molecule has 0 saturated carbocycles. The van der Waals surface area contributed by atoms with E-state index in [-0.39, 0.29) is 0 Å². The van der Waals surface area contributed by atoms with Crippen LogP contribution in [0.25, 0.3) is 10.9 Å². The Labute approximate surface area is 111 Å². The summed E-state index contributed by atoms with van der Waals surface area (Å²) in [5.74, 6) is 0.767. The lowest BCUT2D eigenvalue weighted by Crippen LogP contribution is -1.95. The minimum atomic E-state index is 0.506. The molecule has 0 bridgehead atoms. The maximum absolute atomic E-state index is 5.85. The molecule has 0 aliphatic heterocycles. The number of nitrogens with two attached hydrogens (primary N) is 1. The second-order valence-electron chi connectivity index (χ2n) is 4.52. The maximum Gasteiger partial charge on any atom is 0.138 e. The van der Waals surface area contributed by atoms with Gasteiger partial charge in [0, 0.05) is 41.6 Å². The number of aryl methyl sites for hydroxylation is 1. The minimum Gasteiger partial charge on any atom is -0.487 e. The van der Waals surface area contributed by atoms with Gasteiger partial charge in [-0.25, -0.2) is 0 Å². The average molecular weight is 253 g/mol. The zero-order chi connectivity index (χ0) is 13.2. The van der Waals surface area contributed by atoms with Gasteiger partial charge >= 0.3 is 0 Å². The lowest BCUT2D eigenvalue weighted by molar-refractivity contribution is 0.306. The number of pyridine rings is 1. The van der Waals surface area contributed by atoms with Crippen LogP contribution in [0, 0.1) is 0 Å². The monoisotopic (exact) mass is 253 g/mol. The molecule has 0 spiro atoms. The van der Waals surface area contributed by atoms with Gasteiger partial charge in [-0.2, -0.15) is 0 Å². The van der Waals surface area contributed by atoms with Gasteiger partial charge in [-0.3, -0.25) is 4.98 Å². The lowest BCUT2D eigenvalue weighted by atomic mass is 10.1. The van der Waals surface area contributed by atoms with E-state index in [9.17, 15) is 0 Å². The molecule has 96 valence electrons. The number of benzene rings is 1. The summed E-state index contributed by atoms with van der Waals surface area (Å²) in [6.07, 6.45) is 5.51. The Hall–Kier alpha value is -2.49. The molecule has 0 aliphatic rings. The van der Waals surface area contributed by atoms with E-state index in [0.29, 0.717) is 6.61 Å². The molecule has 1 aromatic carbocycles. The smallest absolute Gasteiger partial charge is 0.138 e. The van der Waals surface area contributed by atoms with E-state index >= 15 is 0 Å². The highest BCUT2D eigenvalue weighted by molar-refractivity contribution is 5.86. The summed E-state index contributed by atoms with van der Waals surface area (Å²) in [7, 11) is 2.02. The Bertz CT molecular complexity index is 704. The van der Waals surface area contributed by atoms with E-state index in [1.165, 1.54) is 0 Å². The SMILES string of the molecule is Cn1cc(COc2cccnc2)c2cc(N)ccc21. The Morgan fingerprint density at radius 3 is 3.00 bits per heavy atom. The number of hydrogen-bond donors (Lipinski definition) is 1. The molecule has 0 unspecified atom stereocenters. The van der Waals surface area contributed by atoms with E-state index in [1.807, 2.05) is 37.4 Å². The second kappa shape index (κ2) is 4.65. The van der Waals surface area contributed by atoms with Gasteiger partial charge < -0.3 is 15.0 Å². The summed E-state index contributed by atoms with van der Waals surface area (Å²) in [5.41, 5.74) is 8.89. The van der Waals surface area contributed by atoms with Gasteiger partial charge in [0.05, 0.1) is 6.20 Å². The third-order valence-corrected chi connectivity index (χ3v) is 3.12. The van der Waals surface area contributed by atoms with Crippen molar-refractivity contribution in [1.29, 1.82) is 0 Å². The van der Waals surface area contributed by atoms with Crippen LogP contribution < -0.4 is 10.5 Å². The van der Waals surface area contributed by atoms with Crippen LogP contribution in [0.3, 0.4) is 0 Å². The van der Waals surface area contributed by atoms with Gasteiger partial charge in [0.1, 0.15) is 12.4 Å². The summed E-state index contributed by atoms with van der Waals surface area (Å²) >= 11 is 0. The van der Waals surface area contributed by atoms with Gasteiger partial charge in [0.25, 0.3) is 0 Å². The van der Waals surface area contributed by atoms with Crippen LogP contribution in [0.1, 0.15) is 5.56 Å². The number of hydrogen-bond acceptors (Lipinski definition) is 3. The topological polar surface area (TPSA) is 53.1 Å². The number of ether oxygens (including phenoxy) is 1. The zero-order valence-corrected chi connectivity index (χ0v) is 10.7. The van der Waals surface area contributed by atoms with Gasteiger partial charge in [-0.05, 0) is 30.3 Å². The lowest BCUT2D eigenvalue weighted by Gasteiger charge is -2.04. The Morgan fingerprint density at radius 2 is 2.21 bits per heavy atom. The molecule has 3 rings (SSSR count). The van der Waals surface area contributed by atoms with Crippen LogP contribution >= 0.6 is 0 Å². The molecular formula is C15H15N3O. The van der Waals surface area contributed by atoms with E-state index in [1.54, 1.807) is 12.4 Å². The number of anilines is 1. The first-order valence-electron chi connectivity index (χ1n) is 6.10. The highest BCUT2D eigenvalue weighted by atomic mass is 16.5. The molecule has 0 fully saturated rings. The fourth-order valence-electron chi connectivity index (χ4n) is 2.20. The minimum absolute atomic E-state index is 0.506. The fraction of sp³-hybridized carbons (Fsp3) is 0.133. The van der Waals surface area contributed by atoms with E-state index < -0.39 is 0 Å². The number of nitrogens with zero attached hydrogens (tertiary/aromatic N) is 2. The second-order valence-corrected chi connectivity index (χ2v) is 4.52. The van der Waals surface area contributed by atoms with Crippen molar-refractivity contribution in [3.8, 4) is 5.75 Å². The summed E-state index contributed by atoms with van der Waals surface area (Å²) in [6, 6.07) is 9.67. The molecule has 4 nitrogen and oxygen atoms in total. The maximum atomic E-state index is 5.85. The van der Waals surface area contributed by atoms with Gasteiger partial charge in [-0.15, -0.1) is 0 Å². The van der Waals surface area contributed by atoms with Crippen LogP contribution in [0.2, 0.25) is 0 Å². The Morgan fingerprint density at radius 1 is 1.32 bits per heavy atom. The molecule has 0 amide bonds. The van der Waals surface area contributed by atoms with E-state index in [4.69, 9.17) is 10.5 Å². The number of nitrogen functional groups attached to an aromatic ring is 1. The summed E-state index contributed by atoms with van der Waals surface area (Å²) in [4.78, 5) is 4.03. The van der Waals surface area contributed by atoms with Gasteiger partial charge in [0.15, 0.2) is 0 Å². The van der Waals surface area contributed by atoms with Crippen molar-refractivity contribution in [1.82, 2.24) is 9.55 Å². The largest absolute Gasteiger partial charge is 0.487 e. The molecular weight excluding hydrogens is 238 g/mol. The third kappa shape index (κ3) is 2.25. The molecule has 0 radical (unpaired) electrons. The first-order valence-corrected chi connectivity index (χ1v) is 6.10. The number of fused-ring (bicyclic) bond motifs is 1. The van der Waals surface area contributed by atoms with Crippen LogP contribution in [0.4, 0.5) is 5.69 Å². The van der Waals surface area contributed by atoms with E-state index in [2.05, 4.69) is 15.7 Å². The third-order valence-electron chi connectivity index (χ3n) is 3.12. The fourth-order valence-corrected chi connectivity index (χ4v) is 2.20. The molecule has 2 N–H and O–H groups in total. The van der Waals surface area contributed by atoms with Crippen molar-refractivity contribution in [2.75, 3.05) is 5.73 Å². The van der Waals surface area contributed by atoms with Crippen LogP contribution in [0.15, 0.2) is 48.9 Å². The van der Waals surface area contributed by atoms with Crippen LogP contribution in [-0.2, 0) is 13.7 Å². The highest BCUT2D eigenvalue weighted by Crippen LogP contribution is 2.24. The molecule has 0 saturated heterocycles. The summed E-state index contributed by atoms with van der Waals surface area (Å²) < 4.78 is 7.82. The first-order chi connectivity index (χ1) is 9.24. The van der Waals surface area contributed by atoms with Gasteiger partial charge in [-0.1, -0.05) is 0 Å². The molecule has 2 aromatic heterocycles. The standard InChI is InChI=1S/C15H15N3O/c1-18-9-11(10-19-13-3-2-6-17-8-13)14-7-12(16)4-5-15(14)18/h2-9H,10,16H2,1H3. The van der Waals surface area contributed by atoms with Crippen molar-refractivity contribution in [2.24, 2.45) is 7.05 Å². The molecule has 0 atom stereocenters. The van der Waals surface area contributed by atoms with Crippen molar-refractivity contribution < 1.29 is 4.74 Å². The quantitative estimate of drug-likeness (QED) is 0.730. The van der Waals surface area contributed by atoms with Crippen LogP contribution in [0.5, 0.6) is 5.75 Å².